The van der Waals surface area contributed by atoms with E-state index in [4.69, 9.17) is 27.9 Å². The second kappa shape index (κ2) is 7.24. The normalized spacial score (nSPS) is 15.7. The lowest BCUT2D eigenvalue weighted by atomic mass is 9.93. The summed E-state index contributed by atoms with van der Waals surface area (Å²) in [4.78, 5) is 4.47. The van der Waals surface area contributed by atoms with E-state index in [0.717, 1.165) is 29.4 Å². The molecule has 132 valence electrons. The van der Waals surface area contributed by atoms with Gasteiger partial charge in [0.2, 0.25) is 0 Å². The lowest BCUT2D eigenvalue weighted by Gasteiger charge is -2.28. The molecule has 2 aromatic heterocycles. The first kappa shape index (κ1) is 18.1. The SMILES string of the molecule is C[Si](C)(C)CCOCn1cc(Cl)c2c(NC3CCC3)cc(Cl)nc21. The fourth-order valence-corrected chi connectivity index (χ4v) is 3.98. The van der Waals surface area contributed by atoms with Gasteiger partial charge in [-0.15, -0.1) is 0 Å². The van der Waals surface area contributed by atoms with Gasteiger partial charge in [-0.1, -0.05) is 42.8 Å². The number of hydrogen-bond acceptors (Lipinski definition) is 3. The summed E-state index contributed by atoms with van der Waals surface area (Å²) in [6, 6.07) is 3.52. The van der Waals surface area contributed by atoms with E-state index in [0.29, 0.717) is 22.9 Å². The number of halogens is 2. The number of hydrogen-bond donors (Lipinski definition) is 1. The van der Waals surface area contributed by atoms with Gasteiger partial charge in [-0.2, -0.15) is 0 Å². The zero-order chi connectivity index (χ0) is 17.3. The van der Waals surface area contributed by atoms with Crippen LogP contribution in [0.1, 0.15) is 19.3 Å². The quantitative estimate of drug-likeness (QED) is 0.381. The zero-order valence-corrected chi connectivity index (χ0v) is 17.0. The molecule has 2 aromatic rings. The molecule has 1 aliphatic rings. The molecule has 0 aromatic carbocycles. The molecule has 4 nitrogen and oxygen atoms in total. The van der Waals surface area contributed by atoms with Crippen molar-refractivity contribution < 1.29 is 4.74 Å². The molecule has 0 spiro atoms. The third-order valence-electron chi connectivity index (χ3n) is 4.44. The maximum absolute atomic E-state index is 6.47. The Bertz CT molecular complexity index is 723. The van der Waals surface area contributed by atoms with Crippen LogP contribution in [0.25, 0.3) is 11.0 Å². The molecule has 1 saturated carbocycles. The number of pyridine rings is 1. The molecule has 1 aliphatic carbocycles. The number of aromatic nitrogens is 2. The van der Waals surface area contributed by atoms with Crippen LogP contribution in [-0.2, 0) is 11.5 Å². The highest BCUT2D eigenvalue weighted by atomic mass is 35.5. The van der Waals surface area contributed by atoms with Gasteiger partial charge in [0.25, 0.3) is 0 Å². The lowest BCUT2D eigenvalue weighted by molar-refractivity contribution is 0.0899. The van der Waals surface area contributed by atoms with Crippen molar-refractivity contribution in [3.63, 3.8) is 0 Å². The minimum absolute atomic E-state index is 0.448. The van der Waals surface area contributed by atoms with Crippen molar-refractivity contribution in [1.82, 2.24) is 9.55 Å². The molecule has 1 fully saturated rings. The summed E-state index contributed by atoms with van der Waals surface area (Å²) in [6.45, 7) is 8.25. The highest BCUT2D eigenvalue weighted by Gasteiger charge is 2.21. The smallest absolute Gasteiger partial charge is 0.147 e. The van der Waals surface area contributed by atoms with Crippen molar-refractivity contribution in [1.29, 1.82) is 0 Å². The van der Waals surface area contributed by atoms with Gasteiger partial charge in [0.15, 0.2) is 0 Å². The van der Waals surface area contributed by atoms with Crippen LogP contribution in [0.2, 0.25) is 35.9 Å². The fraction of sp³-hybridized carbons (Fsp3) is 0.588. The Balaban J connectivity index is 1.79. The van der Waals surface area contributed by atoms with E-state index in [1.807, 2.05) is 16.8 Å². The summed E-state index contributed by atoms with van der Waals surface area (Å²) in [5.41, 5.74) is 1.75. The number of rotatable bonds is 7. The maximum atomic E-state index is 6.47. The summed E-state index contributed by atoms with van der Waals surface area (Å²) < 4.78 is 7.79. The van der Waals surface area contributed by atoms with Crippen molar-refractivity contribution in [3.05, 3.63) is 22.4 Å². The summed E-state index contributed by atoms with van der Waals surface area (Å²) >= 11 is 12.7. The molecular weight excluding hydrogens is 361 g/mol. The molecule has 0 saturated heterocycles. The monoisotopic (exact) mass is 385 g/mol. The van der Waals surface area contributed by atoms with Gasteiger partial charge in [0, 0.05) is 32.6 Å². The Hall–Kier alpha value is -0.753. The van der Waals surface area contributed by atoms with Gasteiger partial charge in [0.1, 0.15) is 17.5 Å². The Morgan fingerprint density at radius 3 is 2.71 bits per heavy atom. The molecule has 0 bridgehead atoms. The van der Waals surface area contributed by atoms with E-state index in [-0.39, 0.29) is 0 Å². The van der Waals surface area contributed by atoms with E-state index in [1.54, 1.807) is 0 Å². The standard InChI is InChI=1S/C17H25Cl2N3OSi/c1-24(2,3)8-7-23-11-22-10-13(18)16-14(20-12-5-4-6-12)9-15(19)21-17(16)22/h9-10,12H,4-8,11H2,1-3H3,(H,20,21). The zero-order valence-electron chi connectivity index (χ0n) is 14.5. The Morgan fingerprint density at radius 2 is 2.08 bits per heavy atom. The summed E-state index contributed by atoms with van der Waals surface area (Å²) in [7, 11) is -1.09. The summed E-state index contributed by atoms with van der Waals surface area (Å²) in [5.74, 6) is 0. The number of ether oxygens (including phenoxy) is 1. The number of nitrogens with one attached hydrogen (secondary N) is 1. The van der Waals surface area contributed by atoms with Crippen LogP contribution in [0.15, 0.2) is 12.3 Å². The second-order valence-electron chi connectivity index (χ2n) is 7.76. The maximum Gasteiger partial charge on any atom is 0.147 e. The molecular formula is C17H25Cl2N3OSi. The first-order chi connectivity index (χ1) is 11.3. The third-order valence-corrected chi connectivity index (χ3v) is 6.63. The van der Waals surface area contributed by atoms with E-state index >= 15 is 0 Å². The molecule has 1 N–H and O–H groups in total. The first-order valence-electron chi connectivity index (χ1n) is 8.53. The van der Waals surface area contributed by atoms with E-state index in [1.165, 1.54) is 19.3 Å². The number of anilines is 1. The van der Waals surface area contributed by atoms with Gasteiger partial charge in [-0.3, -0.25) is 0 Å². The van der Waals surface area contributed by atoms with Crippen molar-refractivity contribution in [2.75, 3.05) is 11.9 Å². The molecule has 0 aliphatic heterocycles. The van der Waals surface area contributed by atoms with Crippen LogP contribution in [0.5, 0.6) is 0 Å². The first-order valence-corrected chi connectivity index (χ1v) is 13.0. The highest BCUT2D eigenvalue weighted by molar-refractivity contribution is 6.76. The number of fused-ring (bicyclic) bond motifs is 1. The third kappa shape index (κ3) is 4.25. The average Bonchev–Trinajstić information content (AvgIpc) is 2.74. The molecule has 0 atom stereocenters. The summed E-state index contributed by atoms with van der Waals surface area (Å²) in [6.07, 6.45) is 5.55. The van der Waals surface area contributed by atoms with Gasteiger partial charge < -0.3 is 14.6 Å². The predicted octanol–water partition coefficient (Wildman–Crippen LogP) is 5.62. The second-order valence-corrected chi connectivity index (χ2v) is 14.2. The largest absolute Gasteiger partial charge is 0.382 e. The van der Waals surface area contributed by atoms with E-state index in [2.05, 4.69) is 29.9 Å². The van der Waals surface area contributed by atoms with Crippen molar-refractivity contribution in [3.8, 4) is 0 Å². The van der Waals surface area contributed by atoms with Gasteiger partial charge in [-0.25, -0.2) is 4.98 Å². The van der Waals surface area contributed by atoms with Crippen LogP contribution in [0.3, 0.4) is 0 Å². The van der Waals surface area contributed by atoms with Crippen molar-refractivity contribution in [2.45, 2.75) is 57.7 Å². The number of nitrogens with zero attached hydrogens (tertiary/aromatic N) is 2. The van der Waals surface area contributed by atoms with Gasteiger partial charge in [0.05, 0.1) is 10.4 Å². The topological polar surface area (TPSA) is 39.1 Å². The van der Waals surface area contributed by atoms with Crippen LogP contribution in [0, 0.1) is 0 Å². The van der Waals surface area contributed by atoms with Gasteiger partial charge in [-0.05, 0) is 31.4 Å². The molecule has 0 radical (unpaired) electrons. The fourth-order valence-electron chi connectivity index (χ4n) is 2.73. The Kier molecular flexibility index (Phi) is 5.44. The minimum atomic E-state index is -1.09. The molecule has 24 heavy (non-hydrogen) atoms. The van der Waals surface area contributed by atoms with Crippen LogP contribution < -0.4 is 5.32 Å². The van der Waals surface area contributed by atoms with Crippen LogP contribution in [0.4, 0.5) is 5.69 Å². The minimum Gasteiger partial charge on any atom is -0.382 e. The Labute approximate surface area is 154 Å². The van der Waals surface area contributed by atoms with Gasteiger partial charge >= 0.3 is 0 Å². The molecule has 3 rings (SSSR count). The highest BCUT2D eigenvalue weighted by Crippen LogP contribution is 2.35. The van der Waals surface area contributed by atoms with Crippen molar-refractivity contribution in [2.24, 2.45) is 0 Å². The van der Waals surface area contributed by atoms with E-state index < -0.39 is 8.07 Å². The van der Waals surface area contributed by atoms with E-state index in [9.17, 15) is 0 Å². The predicted molar refractivity (Wildman–Crippen MR) is 105 cm³/mol. The summed E-state index contributed by atoms with van der Waals surface area (Å²) in [5, 5.41) is 5.64. The molecule has 2 heterocycles. The lowest BCUT2D eigenvalue weighted by Crippen LogP contribution is -2.27. The van der Waals surface area contributed by atoms with Crippen LogP contribution in [-0.4, -0.2) is 30.3 Å². The van der Waals surface area contributed by atoms with Crippen LogP contribution >= 0.6 is 23.2 Å². The van der Waals surface area contributed by atoms with Crippen molar-refractivity contribution >= 4 is 48.0 Å². The average molecular weight is 386 g/mol. The Morgan fingerprint density at radius 1 is 1.33 bits per heavy atom. The molecule has 0 amide bonds. The molecule has 7 heteroatoms. The molecule has 0 unspecified atom stereocenters.